The summed E-state index contributed by atoms with van der Waals surface area (Å²) in [6, 6.07) is 3.46. The lowest BCUT2D eigenvalue weighted by atomic mass is 10.2. The topological polar surface area (TPSA) is 50.7 Å². The smallest absolute Gasteiger partial charge is 0.142 e. The third-order valence-electron chi connectivity index (χ3n) is 2.76. The lowest BCUT2D eigenvalue weighted by Crippen LogP contribution is -2.29. The Labute approximate surface area is 123 Å². The van der Waals surface area contributed by atoms with Gasteiger partial charge >= 0.3 is 0 Å². The van der Waals surface area contributed by atoms with E-state index in [0.29, 0.717) is 35.3 Å². The second-order valence-electron chi connectivity index (χ2n) is 4.08. The highest BCUT2D eigenvalue weighted by Gasteiger charge is 2.11. The Morgan fingerprint density at radius 1 is 1.32 bits per heavy atom. The van der Waals surface area contributed by atoms with Crippen molar-refractivity contribution in [1.29, 1.82) is 0 Å². The Morgan fingerprint density at radius 2 is 2.05 bits per heavy atom. The Hall–Kier alpha value is -0.520. The van der Waals surface area contributed by atoms with E-state index < -0.39 is 0 Å². The first-order chi connectivity index (χ1) is 9.12. The molecule has 0 aliphatic carbocycles. The monoisotopic (exact) mass is 307 g/mol. The van der Waals surface area contributed by atoms with E-state index in [2.05, 4.69) is 5.32 Å². The molecule has 2 N–H and O–H groups in total. The Bertz CT molecular complexity index is 402. The van der Waals surface area contributed by atoms with Crippen LogP contribution < -0.4 is 10.1 Å². The molecule has 0 heterocycles. The van der Waals surface area contributed by atoms with E-state index in [1.165, 1.54) is 0 Å². The van der Waals surface area contributed by atoms with Crippen LogP contribution in [-0.2, 0) is 11.3 Å². The van der Waals surface area contributed by atoms with Crippen molar-refractivity contribution in [2.45, 2.75) is 19.1 Å². The fraction of sp³-hybridized carbons (Fsp3) is 0.538. The molecule has 0 fully saturated rings. The number of rotatable bonds is 8. The molecule has 1 aromatic rings. The first-order valence-electron chi connectivity index (χ1n) is 5.98. The minimum atomic E-state index is -0.0225. The second-order valence-corrected chi connectivity index (χ2v) is 4.92. The van der Waals surface area contributed by atoms with Crippen LogP contribution in [0.4, 0.5) is 0 Å². The number of nitrogens with one attached hydrogen (secondary N) is 1. The van der Waals surface area contributed by atoms with Gasteiger partial charge in [-0.1, -0.05) is 23.2 Å². The molecule has 0 bridgehead atoms. The molecule has 4 nitrogen and oxygen atoms in total. The first-order valence-corrected chi connectivity index (χ1v) is 6.74. The van der Waals surface area contributed by atoms with E-state index in [-0.39, 0.29) is 12.7 Å². The van der Waals surface area contributed by atoms with Gasteiger partial charge in [0.1, 0.15) is 5.75 Å². The van der Waals surface area contributed by atoms with E-state index in [0.717, 1.165) is 5.56 Å². The predicted molar refractivity (Wildman–Crippen MR) is 77.2 cm³/mol. The summed E-state index contributed by atoms with van der Waals surface area (Å²) in [5.41, 5.74) is 0.888. The summed E-state index contributed by atoms with van der Waals surface area (Å²) in [6.07, 6.45) is 0.572. The molecule has 19 heavy (non-hydrogen) atoms. The van der Waals surface area contributed by atoms with Crippen LogP contribution in [0.25, 0.3) is 0 Å². The van der Waals surface area contributed by atoms with Crippen LogP contribution in [0.2, 0.25) is 10.0 Å². The molecule has 0 aromatic heterocycles. The number of ether oxygens (including phenoxy) is 2. The zero-order chi connectivity index (χ0) is 14.3. The fourth-order valence-corrected chi connectivity index (χ4v) is 2.40. The molecular weight excluding hydrogens is 289 g/mol. The van der Waals surface area contributed by atoms with Gasteiger partial charge in [0.05, 0.1) is 18.2 Å². The number of benzene rings is 1. The van der Waals surface area contributed by atoms with Crippen molar-refractivity contribution in [2.75, 3.05) is 27.4 Å². The fourth-order valence-electron chi connectivity index (χ4n) is 1.79. The third kappa shape index (κ3) is 5.16. The lowest BCUT2D eigenvalue weighted by molar-refractivity contribution is 0.0769. The van der Waals surface area contributed by atoms with Crippen LogP contribution >= 0.6 is 23.2 Å². The van der Waals surface area contributed by atoms with Crippen LogP contribution in [0.5, 0.6) is 5.75 Å². The molecule has 1 unspecified atom stereocenters. The van der Waals surface area contributed by atoms with Crippen LogP contribution in [-0.4, -0.2) is 38.6 Å². The predicted octanol–water partition coefficient (Wildman–Crippen LogP) is 2.49. The molecule has 108 valence electrons. The molecule has 0 aliphatic heterocycles. The summed E-state index contributed by atoms with van der Waals surface area (Å²) in [6.45, 7) is 1.30. The maximum atomic E-state index is 8.88. The molecule has 1 aromatic carbocycles. The van der Waals surface area contributed by atoms with Crippen LogP contribution in [0.15, 0.2) is 12.1 Å². The molecule has 0 spiro atoms. The Kier molecular flexibility index (Phi) is 7.49. The van der Waals surface area contributed by atoms with Crippen molar-refractivity contribution < 1.29 is 14.6 Å². The van der Waals surface area contributed by atoms with E-state index >= 15 is 0 Å². The molecular formula is C13H19Cl2NO3. The molecule has 1 atom stereocenters. The van der Waals surface area contributed by atoms with Crippen molar-refractivity contribution in [3.05, 3.63) is 27.7 Å². The van der Waals surface area contributed by atoms with Gasteiger partial charge < -0.3 is 19.9 Å². The maximum Gasteiger partial charge on any atom is 0.142 e. The van der Waals surface area contributed by atoms with Gasteiger partial charge in [-0.3, -0.25) is 0 Å². The number of aliphatic hydroxyl groups excluding tert-OH is 1. The van der Waals surface area contributed by atoms with E-state index in [1.807, 2.05) is 6.07 Å². The van der Waals surface area contributed by atoms with Gasteiger partial charge in [-0.15, -0.1) is 0 Å². The SMILES string of the molecule is COc1c(Cl)cc(Cl)cc1CNCC(CCO)OC. The van der Waals surface area contributed by atoms with Crippen molar-refractivity contribution in [3.63, 3.8) is 0 Å². The minimum Gasteiger partial charge on any atom is -0.495 e. The van der Waals surface area contributed by atoms with Gasteiger partial charge in [0.25, 0.3) is 0 Å². The standard InChI is InChI=1S/C13H19Cl2NO3/c1-18-11(3-4-17)8-16-7-9-5-10(14)6-12(15)13(9)19-2/h5-6,11,16-17H,3-4,7-8H2,1-2H3. The van der Waals surface area contributed by atoms with E-state index in [1.54, 1.807) is 20.3 Å². The average molecular weight is 308 g/mol. The zero-order valence-electron chi connectivity index (χ0n) is 11.1. The first kappa shape index (κ1) is 16.5. The molecule has 0 saturated carbocycles. The Balaban J connectivity index is 2.62. The number of methoxy groups -OCH3 is 2. The number of halogens is 2. The maximum absolute atomic E-state index is 8.88. The summed E-state index contributed by atoms with van der Waals surface area (Å²) in [5, 5.41) is 13.2. The lowest BCUT2D eigenvalue weighted by Gasteiger charge is -2.16. The summed E-state index contributed by atoms with van der Waals surface area (Å²) in [5.74, 6) is 0.620. The normalized spacial score (nSPS) is 12.5. The van der Waals surface area contributed by atoms with Crippen molar-refractivity contribution >= 4 is 23.2 Å². The van der Waals surface area contributed by atoms with Crippen LogP contribution in [0.3, 0.4) is 0 Å². The molecule has 0 aliphatic rings. The summed E-state index contributed by atoms with van der Waals surface area (Å²) < 4.78 is 10.5. The van der Waals surface area contributed by atoms with Gasteiger partial charge in [0.2, 0.25) is 0 Å². The molecule has 0 saturated heterocycles. The minimum absolute atomic E-state index is 0.0225. The second kappa shape index (κ2) is 8.61. The molecule has 0 amide bonds. The largest absolute Gasteiger partial charge is 0.495 e. The van der Waals surface area contributed by atoms with Crippen LogP contribution in [0.1, 0.15) is 12.0 Å². The van der Waals surface area contributed by atoms with Crippen molar-refractivity contribution in [1.82, 2.24) is 5.32 Å². The van der Waals surface area contributed by atoms with Gasteiger partial charge in [0, 0.05) is 37.4 Å². The number of hydrogen-bond acceptors (Lipinski definition) is 4. The van der Waals surface area contributed by atoms with Gasteiger partial charge in [0.15, 0.2) is 0 Å². The summed E-state index contributed by atoms with van der Waals surface area (Å²) in [7, 11) is 3.20. The third-order valence-corrected chi connectivity index (χ3v) is 3.26. The van der Waals surface area contributed by atoms with Crippen molar-refractivity contribution in [3.8, 4) is 5.75 Å². The van der Waals surface area contributed by atoms with Crippen LogP contribution in [0, 0.1) is 0 Å². The molecule has 1 rings (SSSR count). The number of hydrogen-bond donors (Lipinski definition) is 2. The molecule has 6 heteroatoms. The van der Waals surface area contributed by atoms with E-state index in [4.69, 9.17) is 37.8 Å². The van der Waals surface area contributed by atoms with Gasteiger partial charge in [-0.25, -0.2) is 0 Å². The summed E-state index contributed by atoms with van der Waals surface area (Å²) >= 11 is 12.0. The summed E-state index contributed by atoms with van der Waals surface area (Å²) in [4.78, 5) is 0. The highest BCUT2D eigenvalue weighted by molar-refractivity contribution is 6.35. The highest BCUT2D eigenvalue weighted by Crippen LogP contribution is 2.32. The van der Waals surface area contributed by atoms with Gasteiger partial charge in [-0.2, -0.15) is 0 Å². The quantitative estimate of drug-likeness (QED) is 0.775. The highest BCUT2D eigenvalue weighted by atomic mass is 35.5. The van der Waals surface area contributed by atoms with Crippen molar-refractivity contribution in [2.24, 2.45) is 0 Å². The van der Waals surface area contributed by atoms with E-state index in [9.17, 15) is 0 Å². The zero-order valence-corrected chi connectivity index (χ0v) is 12.6. The average Bonchev–Trinajstić information content (AvgIpc) is 2.37. The Morgan fingerprint density at radius 3 is 2.63 bits per heavy atom. The van der Waals surface area contributed by atoms with Gasteiger partial charge in [-0.05, 0) is 18.6 Å². The number of aliphatic hydroxyl groups is 1. The molecule has 0 radical (unpaired) electrons.